The monoisotopic (exact) mass is 419 g/mol. The van der Waals surface area contributed by atoms with Crippen LogP contribution in [0.2, 0.25) is 0 Å². The lowest BCUT2D eigenvalue weighted by molar-refractivity contribution is -0.121. The first-order valence-electron chi connectivity index (χ1n) is 11.1. The molecule has 0 bridgehead atoms. The molecule has 7 nitrogen and oxygen atoms in total. The number of rotatable bonds is 7. The van der Waals surface area contributed by atoms with E-state index in [0.29, 0.717) is 23.6 Å². The van der Waals surface area contributed by atoms with Crippen LogP contribution in [0.4, 0.5) is 0 Å². The molecule has 1 aromatic carbocycles. The molecular weight excluding hydrogens is 390 g/mol. The number of benzene rings is 1. The van der Waals surface area contributed by atoms with Gasteiger partial charge in [0.05, 0.1) is 5.69 Å². The summed E-state index contributed by atoms with van der Waals surface area (Å²) in [4.78, 5) is 25.3. The Morgan fingerprint density at radius 3 is 2.68 bits per heavy atom. The van der Waals surface area contributed by atoms with E-state index in [4.69, 9.17) is 0 Å². The fourth-order valence-electron chi connectivity index (χ4n) is 4.02. The van der Waals surface area contributed by atoms with Gasteiger partial charge in [0.25, 0.3) is 5.56 Å². The highest BCUT2D eigenvalue weighted by Crippen LogP contribution is 2.20. The molecule has 162 valence electrons. The average molecular weight is 420 g/mol. The highest BCUT2D eigenvalue weighted by atomic mass is 16.2. The number of amides is 1. The summed E-state index contributed by atoms with van der Waals surface area (Å²) >= 11 is 0. The van der Waals surface area contributed by atoms with Gasteiger partial charge in [-0.25, -0.2) is 9.20 Å². The first kappa shape index (κ1) is 21.0. The summed E-state index contributed by atoms with van der Waals surface area (Å²) in [5, 5.41) is 11.8. The summed E-state index contributed by atoms with van der Waals surface area (Å²) < 4.78 is 2.78. The van der Waals surface area contributed by atoms with Crippen LogP contribution in [0.5, 0.6) is 0 Å². The maximum absolute atomic E-state index is 12.9. The van der Waals surface area contributed by atoms with Gasteiger partial charge in [-0.3, -0.25) is 9.59 Å². The van der Waals surface area contributed by atoms with Gasteiger partial charge in [0.15, 0.2) is 0 Å². The number of allylic oxidation sites excluding steroid dienone is 1. The number of fused-ring (bicyclic) bond motifs is 1. The Kier molecular flexibility index (Phi) is 6.30. The molecule has 1 N–H and O–H groups in total. The molecule has 4 rings (SSSR count). The minimum Gasteiger partial charge on any atom is -0.354 e. The Labute approximate surface area is 181 Å². The molecule has 0 fully saturated rings. The second-order valence-corrected chi connectivity index (χ2v) is 8.10. The minimum atomic E-state index is -0.320. The summed E-state index contributed by atoms with van der Waals surface area (Å²) in [6.07, 6.45) is 8.87. The van der Waals surface area contributed by atoms with Crippen molar-refractivity contribution >= 4 is 11.4 Å². The lowest BCUT2D eigenvalue weighted by atomic mass is 9.97. The molecule has 0 saturated carbocycles. The van der Waals surface area contributed by atoms with Gasteiger partial charge < -0.3 is 5.32 Å². The Morgan fingerprint density at radius 1 is 1.16 bits per heavy atom. The number of nitrogens with one attached hydrogen (secondary N) is 1. The highest BCUT2D eigenvalue weighted by Gasteiger charge is 2.15. The predicted molar refractivity (Wildman–Crippen MR) is 121 cm³/mol. The second-order valence-electron chi connectivity index (χ2n) is 8.10. The van der Waals surface area contributed by atoms with E-state index in [0.717, 1.165) is 31.2 Å². The molecule has 0 saturated heterocycles. The van der Waals surface area contributed by atoms with Crippen LogP contribution >= 0.6 is 0 Å². The van der Waals surface area contributed by atoms with Crippen molar-refractivity contribution in [1.29, 1.82) is 0 Å². The molecule has 31 heavy (non-hydrogen) atoms. The van der Waals surface area contributed by atoms with Crippen LogP contribution in [0.25, 0.3) is 16.8 Å². The first-order chi connectivity index (χ1) is 15.0. The lowest BCUT2D eigenvalue weighted by Gasteiger charge is -2.13. The zero-order valence-corrected chi connectivity index (χ0v) is 18.2. The Balaban J connectivity index is 1.49. The van der Waals surface area contributed by atoms with Crippen molar-refractivity contribution in [3.8, 4) is 11.3 Å². The normalized spacial score (nSPS) is 13.9. The van der Waals surface area contributed by atoms with Crippen molar-refractivity contribution in [3.63, 3.8) is 0 Å². The van der Waals surface area contributed by atoms with Crippen molar-refractivity contribution < 1.29 is 4.79 Å². The van der Waals surface area contributed by atoms with Crippen LogP contribution < -0.4 is 10.9 Å². The van der Waals surface area contributed by atoms with Crippen molar-refractivity contribution in [3.05, 3.63) is 63.7 Å². The Hall–Kier alpha value is -3.22. The zero-order chi connectivity index (χ0) is 21.8. The third kappa shape index (κ3) is 4.76. The van der Waals surface area contributed by atoms with E-state index in [1.807, 2.05) is 12.1 Å². The molecule has 1 aliphatic rings. The Morgan fingerprint density at radius 2 is 1.97 bits per heavy atom. The lowest BCUT2D eigenvalue weighted by Crippen LogP contribution is -2.35. The maximum Gasteiger partial charge on any atom is 0.293 e. The van der Waals surface area contributed by atoms with Gasteiger partial charge in [-0.2, -0.15) is 10.2 Å². The molecule has 1 aliphatic carbocycles. The zero-order valence-electron chi connectivity index (χ0n) is 18.2. The fourth-order valence-corrected chi connectivity index (χ4v) is 4.02. The quantitative estimate of drug-likeness (QED) is 0.595. The summed E-state index contributed by atoms with van der Waals surface area (Å²) in [5.74, 6) is 0.357. The number of hydrogen-bond acceptors (Lipinski definition) is 4. The summed E-state index contributed by atoms with van der Waals surface area (Å²) in [5.41, 5.74) is 4.42. The summed E-state index contributed by atoms with van der Waals surface area (Å²) in [7, 11) is 0. The van der Waals surface area contributed by atoms with E-state index < -0.39 is 0 Å². The molecule has 0 atom stereocenters. The fraction of sp³-hybridized carbons (Fsp3) is 0.417. The van der Waals surface area contributed by atoms with Gasteiger partial charge in [0, 0.05) is 12.1 Å². The van der Waals surface area contributed by atoms with Crippen LogP contribution in [0, 0.1) is 6.92 Å². The van der Waals surface area contributed by atoms with E-state index in [2.05, 4.69) is 40.6 Å². The van der Waals surface area contributed by atoms with Gasteiger partial charge in [-0.05, 0) is 57.1 Å². The van der Waals surface area contributed by atoms with E-state index >= 15 is 0 Å². The molecule has 3 aromatic rings. The average Bonchev–Trinajstić information content (AvgIpc) is 3.24. The number of hydrogen-bond donors (Lipinski definition) is 1. The number of nitrogens with zero attached hydrogens (tertiary/aromatic N) is 4. The van der Waals surface area contributed by atoms with Crippen LogP contribution in [-0.4, -0.2) is 31.8 Å². The molecule has 0 spiro atoms. The smallest absolute Gasteiger partial charge is 0.293 e. The number of aryl methyl sites for hydroxylation is 2. The van der Waals surface area contributed by atoms with Gasteiger partial charge in [-0.15, -0.1) is 0 Å². The molecule has 0 unspecified atom stereocenters. The second kappa shape index (κ2) is 9.29. The van der Waals surface area contributed by atoms with Crippen molar-refractivity contribution in [2.24, 2.45) is 0 Å². The molecule has 7 heteroatoms. The number of carbonyl (C=O) groups excluding carboxylic acids is 1. The Bertz CT molecular complexity index is 1170. The third-order valence-corrected chi connectivity index (χ3v) is 5.84. The minimum absolute atomic E-state index is 0.0963. The van der Waals surface area contributed by atoms with Crippen molar-refractivity contribution in [2.45, 2.75) is 58.9 Å². The van der Waals surface area contributed by atoms with Gasteiger partial charge in [0.2, 0.25) is 5.91 Å². The van der Waals surface area contributed by atoms with Gasteiger partial charge in [0.1, 0.15) is 17.9 Å². The predicted octanol–water partition coefficient (Wildman–Crippen LogP) is 3.44. The standard InChI is InChI=1S/C24H29N5O2/c1-3-18-9-11-20(12-10-18)21-15-22-24(31)28(26-17(2)29(22)27-21)16-23(30)25-14-13-19-7-5-4-6-8-19/h7,9-12,15H,3-6,8,13-14,16H2,1-2H3,(H,25,30). The molecule has 2 aromatic heterocycles. The number of aromatic nitrogens is 4. The maximum atomic E-state index is 12.9. The van der Waals surface area contributed by atoms with Crippen LogP contribution in [-0.2, 0) is 17.8 Å². The van der Waals surface area contributed by atoms with Crippen molar-refractivity contribution in [1.82, 2.24) is 24.7 Å². The van der Waals surface area contributed by atoms with Crippen molar-refractivity contribution in [2.75, 3.05) is 6.54 Å². The van der Waals surface area contributed by atoms with E-state index in [1.165, 1.54) is 28.7 Å². The SMILES string of the molecule is CCc1ccc(-c2cc3c(=O)n(CC(=O)NCCC4=CCCCC4)nc(C)n3n2)cc1. The number of carbonyl (C=O) groups is 1. The largest absolute Gasteiger partial charge is 0.354 e. The molecule has 1 amide bonds. The van der Waals surface area contributed by atoms with Crippen LogP contribution in [0.3, 0.4) is 0 Å². The molecule has 0 radical (unpaired) electrons. The third-order valence-electron chi connectivity index (χ3n) is 5.84. The molecule has 0 aliphatic heterocycles. The van der Waals surface area contributed by atoms with E-state index in [1.54, 1.807) is 17.5 Å². The summed E-state index contributed by atoms with van der Waals surface area (Å²) in [6.45, 7) is 4.39. The van der Waals surface area contributed by atoms with Gasteiger partial charge in [-0.1, -0.05) is 42.8 Å². The van der Waals surface area contributed by atoms with E-state index in [-0.39, 0.29) is 18.0 Å². The topological polar surface area (TPSA) is 81.3 Å². The van der Waals surface area contributed by atoms with Gasteiger partial charge >= 0.3 is 0 Å². The summed E-state index contributed by atoms with van der Waals surface area (Å²) in [6, 6.07) is 9.92. The molecule has 2 heterocycles. The van der Waals surface area contributed by atoms with E-state index in [9.17, 15) is 9.59 Å². The van der Waals surface area contributed by atoms with Crippen LogP contribution in [0.15, 0.2) is 46.8 Å². The highest BCUT2D eigenvalue weighted by molar-refractivity contribution is 5.75. The molecular formula is C24H29N5O2. The first-order valence-corrected chi connectivity index (χ1v) is 11.1. The van der Waals surface area contributed by atoms with Crippen LogP contribution in [0.1, 0.15) is 50.4 Å².